The van der Waals surface area contributed by atoms with Gasteiger partial charge in [0.25, 0.3) is 5.56 Å². The average Bonchev–Trinajstić information content (AvgIpc) is 2.61. The number of nitrogens with zero attached hydrogens (tertiary/aromatic N) is 2. The predicted molar refractivity (Wildman–Crippen MR) is 102 cm³/mol. The van der Waals surface area contributed by atoms with Gasteiger partial charge in [0.2, 0.25) is 0 Å². The second-order valence-corrected chi connectivity index (χ2v) is 8.37. The molecule has 1 heterocycles. The van der Waals surface area contributed by atoms with Crippen molar-refractivity contribution in [2.24, 2.45) is 7.05 Å². The first-order valence-electron chi connectivity index (χ1n) is 8.03. The summed E-state index contributed by atoms with van der Waals surface area (Å²) in [5.41, 5.74) is 3.45. The molecule has 0 radical (unpaired) electrons. The van der Waals surface area contributed by atoms with Gasteiger partial charge in [0.05, 0.1) is 22.7 Å². The molecule has 0 unspecified atom stereocenters. The van der Waals surface area contributed by atoms with Gasteiger partial charge in [-0.15, -0.1) is 0 Å². The Hall–Kier alpha value is -2.91. The second kappa shape index (κ2) is 6.43. The molecule has 1 aromatic heterocycles. The van der Waals surface area contributed by atoms with Gasteiger partial charge in [-0.25, -0.2) is 13.3 Å². The van der Waals surface area contributed by atoms with Crippen molar-refractivity contribution in [1.82, 2.24) is 4.57 Å². The topological polar surface area (TPSA) is 60.5 Å². The molecule has 6 heteroatoms. The third-order valence-corrected chi connectivity index (χ3v) is 6.26. The van der Waals surface area contributed by atoms with E-state index in [0.29, 0.717) is 11.3 Å². The van der Waals surface area contributed by atoms with E-state index in [-0.39, 0.29) is 16.2 Å². The highest BCUT2D eigenvalue weighted by Gasteiger charge is 2.18. The molecule has 0 bridgehead atoms. The van der Waals surface area contributed by atoms with Gasteiger partial charge in [0.15, 0.2) is 15.5 Å². The molecule has 0 saturated heterocycles. The molecular weight excluding hydrogens is 348 g/mol. The third-order valence-electron chi connectivity index (χ3n) is 4.58. The number of hydrogen-bond acceptors (Lipinski definition) is 3. The zero-order chi connectivity index (χ0) is 19.1. The quantitative estimate of drug-likeness (QED) is 0.665. The lowest BCUT2D eigenvalue weighted by atomic mass is 10.0. The maximum Gasteiger partial charge on any atom is 0.251 e. The molecule has 0 spiro atoms. The minimum Gasteiger partial charge on any atom is -0.311 e. The van der Waals surface area contributed by atoms with Crippen molar-refractivity contribution in [2.75, 3.05) is 0 Å². The summed E-state index contributed by atoms with van der Waals surface area (Å²) in [6.45, 7) is 10.7. The predicted octanol–water partition coefficient (Wildman–Crippen LogP) is 3.68. The van der Waals surface area contributed by atoms with Crippen molar-refractivity contribution >= 4 is 26.4 Å². The smallest absolute Gasteiger partial charge is 0.251 e. The molecule has 26 heavy (non-hydrogen) atoms. The number of hydrogen-bond donors (Lipinski definition) is 0. The molecule has 0 atom stereocenters. The van der Waals surface area contributed by atoms with Crippen molar-refractivity contribution in [2.45, 2.75) is 24.5 Å². The maximum atomic E-state index is 12.8. The van der Waals surface area contributed by atoms with Gasteiger partial charge >= 0.3 is 0 Å². The first-order valence-corrected chi connectivity index (χ1v) is 9.68. The van der Waals surface area contributed by atoms with E-state index >= 15 is 0 Å². The third kappa shape index (κ3) is 3.14. The second-order valence-electron chi connectivity index (χ2n) is 6.39. The minimum atomic E-state index is -3.53. The van der Waals surface area contributed by atoms with Crippen LogP contribution in [0.2, 0.25) is 0 Å². The number of aryl methyl sites for hydroxylation is 3. The van der Waals surface area contributed by atoms with Gasteiger partial charge in [-0.3, -0.25) is 4.79 Å². The fourth-order valence-electron chi connectivity index (χ4n) is 2.98. The lowest BCUT2D eigenvalue weighted by Crippen LogP contribution is -2.17. The Labute approximate surface area is 152 Å². The Morgan fingerprint density at radius 1 is 1.04 bits per heavy atom. The fraction of sp³-hybridized carbons (Fsp3) is 0.200. The van der Waals surface area contributed by atoms with Gasteiger partial charge in [-0.2, -0.15) is 0 Å². The zero-order valence-electron chi connectivity index (χ0n) is 14.8. The van der Waals surface area contributed by atoms with Gasteiger partial charge < -0.3 is 4.57 Å². The first kappa shape index (κ1) is 17.9. The van der Waals surface area contributed by atoms with Gasteiger partial charge in [0, 0.05) is 18.5 Å². The molecule has 0 amide bonds. The molecule has 0 fully saturated rings. The molecule has 0 N–H and O–H groups in total. The summed E-state index contributed by atoms with van der Waals surface area (Å²) < 4.78 is 27.1. The number of rotatable bonds is 3. The van der Waals surface area contributed by atoms with Crippen LogP contribution in [0, 0.1) is 20.4 Å². The van der Waals surface area contributed by atoms with Crippen LogP contribution in [0.1, 0.15) is 16.7 Å². The Kier molecular flexibility index (Phi) is 4.43. The van der Waals surface area contributed by atoms with E-state index in [4.69, 9.17) is 6.57 Å². The number of pyridine rings is 1. The largest absolute Gasteiger partial charge is 0.311 e. The highest BCUT2D eigenvalue weighted by molar-refractivity contribution is 7.90. The van der Waals surface area contributed by atoms with Crippen molar-refractivity contribution in [1.29, 1.82) is 0 Å². The molecule has 0 aliphatic heterocycles. The van der Waals surface area contributed by atoms with E-state index in [0.717, 1.165) is 22.0 Å². The van der Waals surface area contributed by atoms with Crippen molar-refractivity contribution in [3.63, 3.8) is 0 Å². The highest BCUT2D eigenvalue weighted by Crippen LogP contribution is 2.26. The molecule has 0 saturated carbocycles. The molecule has 3 rings (SSSR count). The molecular formula is C20H18N2O3S. The van der Waals surface area contributed by atoms with Gasteiger partial charge in [-0.05, 0) is 42.7 Å². The monoisotopic (exact) mass is 366 g/mol. The van der Waals surface area contributed by atoms with Crippen LogP contribution >= 0.6 is 0 Å². The molecule has 0 aliphatic carbocycles. The lowest BCUT2D eigenvalue weighted by Gasteiger charge is -2.13. The van der Waals surface area contributed by atoms with Crippen LogP contribution in [0.25, 0.3) is 15.7 Å². The number of sulfone groups is 1. The molecule has 5 nitrogen and oxygen atoms in total. The average molecular weight is 366 g/mol. The summed E-state index contributed by atoms with van der Waals surface area (Å²) in [4.78, 5) is 15.4. The normalized spacial score (nSPS) is 11.5. The zero-order valence-corrected chi connectivity index (χ0v) is 15.6. The van der Waals surface area contributed by atoms with Crippen molar-refractivity contribution in [3.05, 3.63) is 80.9 Å². The molecule has 132 valence electrons. The van der Waals surface area contributed by atoms with E-state index in [1.54, 1.807) is 17.7 Å². The van der Waals surface area contributed by atoms with E-state index in [1.807, 2.05) is 26.0 Å². The Bertz CT molecular complexity index is 1220. The van der Waals surface area contributed by atoms with Crippen LogP contribution in [-0.2, 0) is 22.6 Å². The van der Waals surface area contributed by atoms with Crippen LogP contribution in [0.5, 0.6) is 0 Å². The Morgan fingerprint density at radius 2 is 1.69 bits per heavy atom. The molecule has 3 aromatic rings. The molecule has 0 aliphatic rings. The van der Waals surface area contributed by atoms with Crippen LogP contribution in [0.3, 0.4) is 0 Å². The highest BCUT2D eigenvalue weighted by atomic mass is 32.2. The standard InChI is InChI=1S/C20H18N2O3S/c1-13-9-19-18(14(2)10-20(23)22(19)4)11-15(13)12-26(24,25)17-7-5-16(21-3)6-8-17/h5-11H,12H2,1-2,4H3. The number of benzene rings is 2. The van der Waals surface area contributed by atoms with Crippen molar-refractivity contribution < 1.29 is 8.42 Å². The van der Waals surface area contributed by atoms with E-state index < -0.39 is 9.84 Å². The van der Waals surface area contributed by atoms with E-state index in [1.165, 1.54) is 24.3 Å². The number of fused-ring (bicyclic) bond motifs is 1. The van der Waals surface area contributed by atoms with Crippen molar-refractivity contribution in [3.8, 4) is 0 Å². The van der Waals surface area contributed by atoms with Crippen LogP contribution in [0.4, 0.5) is 5.69 Å². The maximum absolute atomic E-state index is 12.8. The minimum absolute atomic E-state index is 0.0883. The summed E-state index contributed by atoms with van der Waals surface area (Å²) in [6, 6.07) is 11.2. The van der Waals surface area contributed by atoms with Crippen LogP contribution in [-0.4, -0.2) is 13.0 Å². The Morgan fingerprint density at radius 3 is 2.31 bits per heavy atom. The summed E-state index contributed by atoms with van der Waals surface area (Å²) in [5.74, 6) is -0.131. The van der Waals surface area contributed by atoms with Crippen LogP contribution < -0.4 is 5.56 Å². The molecule has 2 aromatic carbocycles. The van der Waals surface area contributed by atoms with E-state index in [2.05, 4.69) is 4.85 Å². The van der Waals surface area contributed by atoms with Gasteiger partial charge in [-0.1, -0.05) is 24.3 Å². The first-order chi connectivity index (χ1) is 12.2. The lowest BCUT2D eigenvalue weighted by molar-refractivity contribution is 0.595. The Balaban J connectivity index is 2.09. The summed E-state index contributed by atoms with van der Waals surface area (Å²) in [7, 11) is -1.82. The fourth-order valence-corrected chi connectivity index (χ4v) is 4.42. The summed E-state index contributed by atoms with van der Waals surface area (Å²) >= 11 is 0. The summed E-state index contributed by atoms with van der Waals surface area (Å²) in [5, 5.41) is 0.867. The number of aromatic nitrogens is 1. The van der Waals surface area contributed by atoms with E-state index in [9.17, 15) is 13.2 Å². The SMILES string of the molecule is [C-]#[N+]c1ccc(S(=O)(=O)Cc2cc3c(C)cc(=O)n(C)c3cc2C)cc1. The van der Waals surface area contributed by atoms with Gasteiger partial charge in [0.1, 0.15) is 0 Å². The van der Waals surface area contributed by atoms with Crippen LogP contribution in [0.15, 0.2) is 52.2 Å². The summed E-state index contributed by atoms with van der Waals surface area (Å²) in [6.07, 6.45) is 0.